The lowest BCUT2D eigenvalue weighted by Crippen LogP contribution is -2.35. The summed E-state index contributed by atoms with van der Waals surface area (Å²) < 4.78 is 10.9. The lowest BCUT2D eigenvalue weighted by atomic mass is 9.96. The van der Waals surface area contributed by atoms with Crippen LogP contribution in [0.15, 0.2) is 53.5 Å². The number of aromatic amines is 1. The Labute approximate surface area is 175 Å². The van der Waals surface area contributed by atoms with Crippen LogP contribution in [0.1, 0.15) is 30.1 Å². The first kappa shape index (κ1) is 20.1. The van der Waals surface area contributed by atoms with Crippen molar-refractivity contribution in [3.8, 4) is 22.9 Å². The lowest BCUT2D eigenvalue weighted by Gasteiger charge is -2.32. The van der Waals surface area contributed by atoms with E-state index >= 15 is 0 Å². The number of hydrogen-bond acceptors (Lipinski definition) is 6. The van der Waals surface area contributed by atoms with E-state index in [-0.39, 0.29) is 11.5 Å². The first-order chi connectivity index (χ1) is 14.7. The van der Waals surface area contributed by atoms with Crippen LogP contribution in [-0.4, -0.2) is 47.2 Å². The number of rotatable bonds is 6. The van der Waals surface area contributed by atoms with E-state index in [4.69, 9.17) is 14.5 Å². The van der Waals surface area contributed by atoms with Crippen LogP contribution in [0.5, 0.6) is 11.5 Å². The van der Waals surface area contributed by atoms with Gasteiger partial charge in [0.25, 0.3) is 5.56 Å². The molecule has 3 aromatic rings. The van der Waals surface area contributed by atoms with Crippen molar-refractivity contribution in [1.29, 1.82) is 0 Å². The number of benzene rings is 1. The highest BCUT2D eigenvalue weighted by Gasteiger charge is 2.24. The van der Waals surface area contributed by atoms with Crippen LogP contribution in [0, 0.1) is 0 Å². The zero-order valence-corrected chi connectivity index (χ0v) is 17.3. The van der Waals surface area contributed by atoms with Crippen LogP contribution in [0.25, 0.3) is 11.4 Å². The number of H-pyrrole nitrogens is 1. The maximum Gasteiger partial charge on any atom is 0.251 e. The highest BCUT2D eigenvalue weighted by molar-refractivity contribution is 5.52. The number of likely N-dealkylation sites (tertiary alicyclic amines) is 1. The van der Waals surface area contributed by atoms with Crippen LogP contribution >= 0.6 is 0 Å². The number of hydrogen-bond donors (Lipinski definition) is 1. The third kappa shape index (κ3) is 4.52. The molecular weight excluding hydrogens is 380 g/mol. The maximum atomic E-state index is 12.3. The van der Waals surface area contributed by atoms with Crippen molar-refractivity contribution in [2.75, 3.05) is 27.3 Å². The van der Waals surface area contributed by atoms with Crippen molar-refractivity contribution in [1.82, 2.24) is 19.9 Å². The molecule has 1 aliphatic heterocycles. The summed E-state index contributed by atoms with van der Waals surface area (Å²) in [6.45, 7) is 2.55. The van der Waals surface area contributed by atoms with E-state index in [1.54, 1.807) is 20.4 Å². The van der Waals surface area contributed by atoms with Gasteiger partial charge in [-0.25, -0.2) is 4.98 Å². The second kappa shape index (κ2) is 9.09. The molecule has 1 unspecified atom stereocenters. The van der Waals surface area contributed by atoms with E-state index in [0.29, 0.717) is 11.4 Å². The first-order valence-corrected chi connectivity index (χ1v) is 10.1. The molecule has 156 valence electrons. The van der Waals surface area contributed by atoms with Crippen molar-refractivity contribution in [3.63, 3.8) is 0 Å². The van der Waals surface area contributed by atoms with Gasteiger partial charge in [0, 0.05) is 36.8 Å². The Morgan fingerprint density at radius 3 is 2.80 bits per heavy atom. The summed E-state index contributed by atoms with van der Waals surface area (Å²) in [6, 6.07) is 13.0. The maximum absolute atomic E-state index is 12.3. The Bertz CT molecular complexity index is 1050. The van der Waals surface area contributed by atoms with Crippen LogP contribution in [-0.2, 0) is 6.54 Å². The molecule has 1 aliphatic rings. The Kier molecular flexibility index (Phi) is 6.09. The number of ether oxygens (including phenoxy) is 2. The fraction of sp³-hybridized carbons (Fsp3) is 0.348. The van der Waals surface area contributed by atoms with E-state index in [1.165, 1.54) is 6.07 Å². The van der Waals surface area contributed by atoms with Crippen LogP contribution in [0.4, 0.5) is 0 Å². The van der Waals surface area contributed by atoms with Crippen LogP contribution in [0.3, 0.4) is 0 Å². The fourth-order valence-corrected chi connectivity index (χ4v) is 3.98. The molecule has 1 saturated heterocycles. The SMILES string of the molecule is COc1ccc(OC)c(CN2CCCC(c3nc(-c4ccccn4)cc(=O)[nH]3)C2)c1. The number of nitrogens with zero attached hydrogens (tertiary/aromatic N) is 3. The molecule has 3 heterocycles. The zero-order chi connectivity index (χ0) is 20.9. The number of pyridine rings is 1. The molecule has 30 heavy (non-hydrogen) atoms. The molecule has 1 aromatic carbocycles. The Morgan fingerprint density at radius 2 is 2.03 bits per heavy atom. The molecule has 1 fully saturated rings. The highest BCUT2D eigenvalue weighted by Crippen LogP contribution is 2.29. The first-order valence-electron chi connectivity index (χ1n) is 10.1. The number of piperidine rings is 1. The molecule has 0 bridgehead atoms. The largest absolute Gasteiger partial charge is 0.497 e. The lowest BCUT2D eigenvalue weighted by molar-refractivity contribution is 0.194. The topological polar surface area (TPSA) is 80.3 Å². The average molecular weight is 406 g/mol. The van der Waals surface area contributed by atoms with Gasteiger partial charge in [-0.15, -0.1) is 0 Å². The van der Waals surface area contributed by atoms with Crippen LogP contribution < -0.4 is 15.0 Å². The van der Waals surface area contributed by atoms with Gasteiger partial charge >= 0.3 is 0 Å². The number of aromatic nitrogens is 3. The minimum atomic E-state index is -0.146. The van der Waals surface area contributed by atoms with E-state index in [9.17, 15) is 4.79 Å². The van der Waals surface area contributed by atoms with Gasteiger partial charge in [0.15, 0.2) is 0 Å². The molecule has 7 nitrogen and oxygen atoms in total. The number of methoxy groups -OCH3 is 2. The van der Waals surface area contributed by atoms with E-state index in [0.717, 1.165) is 55.4 Å². The van der Waals surface area contributed by atoms with Crippen molar-refractivity contribution in [2.24, 2.45) is 0 Å². The summed E-state index contributed by atoms with van der Waals surface area (Å²) in [5.74, 6) is 2.55. The van der Waals surface area contributed by atoms with Gasteiger partial charge in [0.05, 0.1) is 25.6 Å². The van der Waals surface area contributed by atoms with Crippen molar-refractivity contribution in [3.05, 3.63) is 70.4 Å². The van der Waals surface area contributed by atoms with Gasteiger partial charge in [-0.1, -0.05) is 6.07 Å². The Hall–Kier alpha value is -3.19. The summed E-state index contributed by atoms with van der Waals surface area (Å²) in [5, 5.41) is 0. The number of nitrogens with one attached hydrogen (secondary N) is 1. The fourth-order valence-electron chi connectivity index (χ4n) is 3.98. The van der Waals surface area contributed by atoms with Gasteiger partial charge in [-0.3, -0.25) is 14.7 Å². The molecule has 0 spiro atoms. The standard InChI is InChI=1S/C23H26N4O3/c1-29-18-8-9-21(30-2)17(12-18)15-27-11-5-6-16(14-27)23-25-20(13-22(28)26-23)19-7-3-4-10-24-19/h3-4,7-10,12-13,16H,5-6,11,14-15H2,1-2H3,(H,25,26,28). The van der Waals surface area contributed by atoms with Gasteiger partial charge in [0.1, 0.15) is 17.3 Å². The molecule has 0 saturated carbocycles. The minimum absolute atomic E-state index is 0.146. The Morgan fingerprint density at radius 1 is 1.13 bits per heavy atom. The van der Waals surface area contributed by atoms with E-state index in [2.05, 4.69) is 14.9 Å². The van der Waals surface area contributed by atoms with Gasteiger partial charge < -0.3 is 14.5 Å². The van der Waals surface area contributed by atoms with Gasteiger partial charge in [0.2, 0.25) is 0 Å². The van der Waals surface area contributed by atoms with E-state index in [1.807, 2.05) is 36.4 Å². The summed E-state index contributed by atoms with van der Waals surface area (Å²) in [4.78, 5) is 26.7. The molecule has 1 atom stereocenters. The molecule has 2 aromatic heterocycles. The molecule has 0 radical (unpaired) electrons. The molecule has 0 aliphatic carbocycles. The molecule has 0 amide bonds. The summed E-state index contributed by atoms with van der Waals surface area (Å²) in [7, 11) is 3.35. The average Bonchev–Trinajstić information content (AvgIpc) is 2.79. The second-order valence-corrected chi connectivity index (χ2v) is 7.48. The molecule has 1 N–H and O–H groups in total. The minimum Gasteiger partial charge on any atom is -0.497 e. The van der Waals surface area contributed by atoms with Crippen molar-refractivity contribution >= 4 is 0 Å². The predicted molar refractivity (Wildman–Crippen MR) is 115 cm³/mol. The summed E-state index contributed by atoms with van der Waals surface area (Å²) in [5.41, 5.74) is 2.26. The normalized spacial score (nSPS) is 16.9. The summed E-state index contributed by atoms with van der Waals surface area (Å²) in [6.07, 6.45) is 3.73. The Balaban J connectivity index is 1.55. The second-order valence-electron chi connectivity index (χ2n) is 7.48. The van der Waals surface area contributed by atoms with Crippen molar-refractivity contribution < 1.29 is 9.47 Å². The quantitative estimate of drug-likeness (QED) is 0.677. The zero-order valence-electron chi connectivity index (χ0n) is 17.3. The predicted octanol–water partition coefficient (Wildman–Crippen LogP) is 3.23. The highest BCUT2D eigenvalue weighted by atomic mass is 16.5. The molecule has 7 heteroatoms. The van der Waals surface area contributed by atoms with Gasteiger partial charge in [-0.05, 0) is 49.7 Å². The van der Waals surface area contributed by atoms with Gasteiger partial charge in [-0.2, -0.15) is 0 Å². The molecule has 4 rings (SSSR count). The third-order valence-corrected chi connectivity index (χ3v) is 5.46. The third-order valence-electron chi connectivity index (χ3n) is 5.46. The smallest absolute Gasteiger partial charge is 0.251 e. The summed E-state index contributed by atoms with van der Waals surface area (Å²) >= 11 is 0. The molecular formula is C23H26N4O3. The van der Waals surface area contributed by atoms with Crippen LogP contribution in [0.2, 0.25) is 0 Å². The monoisotopic (exact) mass is 406 g/mol. The van der Waals surface area contributed by atoms with Crippen molar-refractivity contribution in [2.45, 2.75) is 25.3 Å². The van der Waals surface area contributed by atoms with E-state index < -0.39 is 0 Å².